The summed E-state index contributed by atoms with van der Waals surface area (Å²) in [5.41, 5.74) is 4.78. The van der Waals surface area contributed by atoms with Gasteiger partial charge in [0, 0.05) is 16.3 Å². The third-order valence-electron chi connectivity index (χ3n) is 3.77. The van der Waals surface area contributed by atoms with Gasteiger partial charge in [-0.1, -0.05) is 50.2 Å². The lowest BCUT2D eigenvalue weighted by atomic mass is 10.0. The molecule has 0 unspecified atom stereocenters. The quantitative estimate of drug-likeness (QED) is 0.698. The first-order valence-electron chi connectivity index (χ1n) is 7.15. The summed E-state index contributed by atoms with van der Waals surface area (Å²) in [5.74, 6) is 0. The fraction of sp³-hybridized carbons (Fsp3) is 0.222. The molecule has 3 rings (SSSR count). The summed E-state index contributed by atoms with van der Waals surface area (Å²) in [6, 6.07) is 15.1. The Hall–Kier alpha value is -2.22. The zero-order chi connectivity index (χ0) is 13.9. The van der Waals surface area contributed by atoms with Crippen LogP contribution in [-0.2, 0) is 12.8 Å². The van der Waals surface area contributed by atoms with Crippen LogP contribution in [0.5, 0.6) is 0 Å². The molecule has 0 aliphatic heterocycles. The van der Waals surface area contributed by atoms with E-state index in [4.69, 9.17) is 0 Å². The van der Waals surface area contributed by atoms with Crippen molar-refractivity contribution in [2.24, 2.45) is 0 Å². The van der Waals surface area contributed by atoms with E-state index in [-0.39, 0.29) is 0 Å². The van der Waals surface area contributed by atoms with E-state index in [0.29, 0.717) is 0 Å². The number of rotatable bonds is 3. The highest BCUT2D eigenvalue weighted by molar-refractivity contribution is 5.94. The third-order valence-corrected chi connectivity index (χ3v) is 3.77. The predicted molar refractivity (Wildman–Crippen MR) is 83.7 cm³/mol. The first kappa shape index (κ1) is 12.8. The second kappa shape index (κ2) is 5.41. The second-order valence-electron chi connectivity index (χ2n) is 5.02. The minimum atomic E-state index is 0.973. The average molecular weight is 262 g/mol. The van der Waals surface area contributed by atoms with Gasteiger partial charge in [0.15, 0.2) is 0 Å². The molecule has 3 aromatic rings. The molecular weight excluding hydrogens is 244 g/mol. The first-order valence-corrected chi connectivity index (χ1v) is 7.15. The largest absolute Gasteiger partial charge is 0.158 e. The zero-order valence-electron chi connectivity index (χ0n) is 11.9. The highest BCUT2D eigenvalue weighted by Gasteiger charge is 2.07. The monoisotopic (exact) mass is 262 g/mol. The van der Waals surface area contributed by atoms with Crippen molar-refractivity contribution in [1.82, 2.24) is 10.2 Å². The van der Waals surface area contributed by atoms with E-state index < -0.39 is 0 Å². The Morgan fingerprint density at radius 3 is 2.25 bits per heavy atom. The maximum absolute atomic E-state index is 4.36. The van der Waals surface area contributed by atoms with Crippen LogP contribution >= 0.6 is 0 Å². The van der Waals surface area contributed by atoms with Crippen LogP contribution in [0.3, 0.4) is 0 Å². The Kier molecular flexibility index (Phi) is 3.46. The van der Waals surface area contributed by atoms with Crippen molar-refractivity contribution in [1.29, 1.82) is 0 Å². The molecule has 2 nitrogen and oxygen atoms in total. The van der Waals surface area contributed by atoms with E-state index in [1.165, 1.54) is 16.5 Å². The van der Waals surface area contributed by atoms with Crippen molar-refractivity contribution in [2.75, 3.05) is 0 Å². The standard InChI is InChI=1S/C18H18N2/c1-3-13-5-8-15(9-6-13)18-17-11-14(4-2)7-10-16(17)12-19-20-18/h5-12H,3-4H2,1-2H3. The molecule has 0 fully saturated rings. The van der Waals surface area contributed by atoms with Gasteiger partial charge >= 0.3 is 0 Å². The van der Waals surface area contributed by atoms with E-state index in [1.54, 1.807) is 0 Å². The Morgan fingerprint density at radius 2 is 1.55 bits per heavy atom. The number of aryl methyl sites for hydroxylation is 2. The van der Waals surface area contributed by atoms with Gasteiger partial charge in [-0.05, 0) is 30.0 Å². The molecule has 0 bridgehead atoms. The maximum atomic E-state index is 4.36. The Labute approximate surface area is 119 Å². The van der Waals surface area contributed by atoms with Gasteiger partial charge in [-0.15, -0.1) is 5.10 Å². The maximum Gasteiger partial charge on any atom is 0.101 e. The van der Waals surface area contributed by atoms with Crippen LogP contribution in [-0.4, -0.2) is 10.2 Å². The summed E-state index contributed by atoms with van der Waals surface area (Å²) >= 11 is 0. The van der Waals surface area contributed by atoms with Crippen LogP contribution in [0.15, 0.2) is 48.7 Å². The van der Waals surface area contributed by atoms with Gasteiger partial charge < -0.3 is 0 Å². The van der Waals surface area contributed by atoms with Gasteiger partial charge in [-0.2, -0.15) is 5.10 Å². The van der Waals surface area contributed by atoms with Gasteiger partial charge in [0.05, 0.1) is 6.20 Å². The minimum absolute atomic E-state index is 0.973. The third kappa shape index (κ3) is 2.29. The van der Waals surface area contributed by atoms with E-state index in [2.05, 4.69) is 66.5 Å². The molecule has 20 heavy (non-hydrogen) atoms. The van der Waals surface area contributed by atoms with Gasteiger partial charge in [0.1, 0.15) is 5.69 Å². The number of hydrogen-bond acceptors (Lipinski definition) is 2. The van der Waals surface area contributed by atoms with E-state index in [9.17, 15) is 0 Å². The molecular formula is C18H18N2. The molecule has 2 aromatic carbocycles. The molecule has 0 spiro atoms. The van der Waals surface area contributed by atoms with Crippen molar-refractivity contribution in [2.45, 2.75) is 26.7 Å². The van der Waals surface area contributed by atoms with Gasteiger partial charge in [-0.3, -0.25) is 0 Å². The lowest BCUT2D eigenvalue weighted by Gasteiger charge is -2.07. The Balaban J connectivity index is 2.18. The molecule has 1 aromatic heterocycles. The topological polar surface area (TPSA) is 25.8 Å². The average Bonchev–Trinajstić information content (AvgIpc) is 2.54. The Morgan fingerprint density at radius 1 is 0.850 bits per heavy atom. The molecule has 0 radical (unpaired) electrons. The summed E-state index contributed by atoms with van der Waals surface area (Å²) in [7, 11) is 0. The predicted octanol–water partition coefficient (Wildman–Crippen LogP) is 4.42. The lowest BCUT2D eigenvalue weighted by Crippen LogP contribution is -1.91. The second-order valence-corrected chi connectivity index (χ2v) is 5.02. The SMILES string of the molecule is CCc1ccc(-c2nncc3ccc(CC)cc23)cc1. The molecule has 0 atom stereocenters. The highest BCUT2D eigenvalue weighted by Crippen LogP contribution is 2.27. The van der Waals surface area contributed by atoms with E-state index >= 15 is 0 Å². The van der Waals surface area contributed by atoms with E-state index in [1.807, 2.05) is 6.20 Å². The molecule has 0 saturated heterocycles. The molecule has 0 saturated carbocycles. The molecule has 0 N–H and O–H groups in total. The highest BCUT2D eigenvalue weighted by atomic mass is 15.1. The molecule has 1 heterocycles. The van der Waals surface area contributed by atoms with Gasteiger partial charge in [-0.25, -0.2) is 0 Å². The van der Waals surface area contributed by atoms with Crippen LogP contribution in [0.4, 0.5) is 0 Å². The number of benzene rings is 2. The van der Waals surface area contributed by atoms with Crippen LogP contribution in [0.2, 0.25) is 0 Å². The van der Waals surface area contributed by atoms with Crippen LogP contribution in [0.25, 0.3) is 22.0 Å². The number of nitrogens with zero attached hydrogens (tertiary/aromatic N) is 2. The fourth-order valence-electron chi connectivity index (χ4n) is 2.46. The molecule has 0 aliphatic rings. The zero-order valence-corrected chi connectivity index (χ0v) is 11.9. The van der Waals surface area contributed by atoms with E-state index in [0.717, 1.165) is 29.5 Å². The van der Waals surface area contributed by atoms with Crippen molar-refractivity contribution in [3.8, 4) is 11.3 Å². The molecule has 2 heteroatoms. The fourth-order valence-corrected chi connectivity index (χ4v) is 2.46. The summed E-state index contributed by atoms with van der Waals surface area (Å²) in [5, 5.41) is 10.8. The van der Waals surface area contributed by atoms with Gasteiger partial charge in [0.2, 0.25) is 0 Å². The number of fused-ring (bicyclic) bond motifs is 1. The summed E-state index contributed by atoms with van der Waals surface area (Å²) in [6.45, 7) is 4.34. The van der Waals surface area contributed by atoms with Crippen LogP contribution < -0.4 is 0 Å². The Bertz CT molecular complexity index is 730. The van der Waals surface area contributed by atoms with Crippen molar-refractivity contribution < 1.29 is 0 Å². The number of hydrogen-bond donors (Lipinski definition) is 0. The summed E-state index contributed by atoms with van der Waals surface area (Å²) in [4.78, 5) is 0. The number of aromatic nitrogens is 2. The lowest BCUT2D eigenvalue weighted by molar-refractivity contribution is 1.05. The molecule has 0 amide bonds. The summed E-state index contributed by atoms with van der Waals surface area (Å²) < 4.78 is 0. The minimum Gasteiger partial charge on any atom is -0.158 e. The van der Waals surface area contributed by atoms with Crippen molar-refractivity contribution >= 4 is 10.8 Å². The van der Waals surface area contributed by atoms with Gasteiger partial charge in [0.25, 0.3) is 0 Å². The summed E-state index contributed by atoms with van der Waals surface area (Å²) in [6.07, 6.45) is 3.92. The van der Waals surface area contributed by atoms with Crippen molar-refractivity contribution in [3.63, 3.8) is 0 Å². The molecule has 100 valence electrons. The molecule has 0 aliphatic carbocycles. The van der Waals surface area contributed by atoms with Crippen LogP contribution in [0.1, 0.15) is 25.0 Å². The smallest absolute Gasteiger partial charge is 0.101 e. The van der Waals surface area contributed by atoms with Crippen LogP contribution in [0, 0.1) is 0 Å². The van der Waals surface area contributed by atoms with Crippen molar-refractivity contribution in [3.05, 3.63) is 59.8 Å². The first-order chi connectivity index (χ1) is 9.81. The normalized spacial score (nSPS) is 10.9.